The molecular formula is C15H22N2O2. The van der Waals surface area contributed by atoms with E-state index in [0.717, 1.165) is 18.8 Å². The first-order valence-corrected chi connectivity index (χ1v) is 6.74. The first-order chi connectivity index (χ1) is 9.04. The Balaban J connectivity index is 2.32. The van der Waals surface area contributed by atoms with Gasteiger partial charge in [0.25, 0.3) is 0 Å². The molecule has 1 aromatic carbocycles. The summed E-state index contributed by atoms with van der Waals surface area (Å²) in [6, 6.07) is 6.04. The summed E-state index contributed by atoms with van der Waals surface area (Å²) in [5.41, 5.74) is 3.51. The number of anilines is 1. The predicted octanol–water partition coefficient (Wildman–Crippen LogP) is 1.33. The first-order valence-electron chi connectivity index (χ1n) is 6.74. The van der Waals surface area contributed by atoms with E-state index in [1.165, 1.54) is 11.1 Å². The highest BCUT2D eigenvalue weighted by Crippen LogP contribution is 2.26. The van der Waals surface area contributed by atoms with Gasteiger partial charge in [0.2, 0.25) is 5.91 Å². The van der Waals surface area contributed by atoms with Crippen LogP contribution in [-0.4, -0.2) is 48.7 Å². The minimum atomic E-state index is -0.245. The number of rotatable bonds is 3. The summed E-state index contributed by atoms with van der Waals surface area (Å²) >= 11 is 0. The second-order valence-electron chi connectivity index (χ2n) is 5.27. The van der Waals surface area contributed by atoms with Crippen molar-refractivity contribution in [1.82, 2.24) is 4.90 Å². The summed E-state index contributed by atoms with van der Waals surface area (Å²) in [6.07, 6.45) is 0.483. The van der Waals surface area contributed by atoms with E-state index >= 15 is 0 Å². The highest BCUT2D eigenvalue weighted by atomic mass is 16.3. The molecule has 1 atom stereocenters. The molecule has 0 spiro atoms. The van der Waals surface area contributed by atoms with E-state index in [1.54, 1.807) is 4.90 Å². The molecule has 0 saturated carbocycles. The second-order valence-corrected chi connectivity index (χ2v) is 5.27. The molecule has 0 aliphatic carbocycles. The van der Waals surface area contributed by atoms with Gasteiger partial charge in [-0.2, -0.15) is 0 Å². The topological polar surface area (TPSA) is 43.8 Å². The minimum absolute atomic E-state index is 0.0334. The lowest BCUT2D eigenvalue weighted by molar-refractivity contribution is -0.133. The van der Waals surface area contributed by atoms with Crippen LogP contribution in [-0.2, 0) is 4.79 Å². The molecule has 1 fully saturated rings. The quantitative estimate of drug-likeness (QED) is 0.894. The van der Waals surface area contributed by atoms with Gasteiger partial charge >= 0.3 is 0 Å². The molecule has 1 aliphatic heterocycles. The number of aliphatic hydroxyl groups excluding tert-OH is 1. The average Bonchev–Trinajstić information content (AvgIpc) is 2.36. The largest absolute Gasteiger partial charge is 0.396 e. The lowest BCUT2D eigenvalue weighted by atomic mass is 10.0. The molecule has 1 N–H and O–H groups in total. The number of aliphatic hydroxyl groups is 1. The molecule has 4 nitrogen and oxygen atoms in total. The third-order valence-electron chi connectivity index (χ3n) is 3.78. The van der Waals surface area contributed by atoms with E-state index in [0.29, 0.717) is 6.42 Å². The average molecular weight is 262 g/mol. The number of likely N-dealkylation sites (N-methyl/N-ethyl adjacent to an activating group) is 1. The van der Waals surface area contributed by atoms with Crippen LogP contribution in [0.25, 0.3) is 0 Å². The number of hydrogen-bond donors (Lipinski definition) is 1. The molecule has 1 aliphatic rings. The number of nitrogens with zero attached hydrogens (tertiary/aromatic N) is 2. The van der Waals surface area contributed by atoms with Crippen molar-refractivity contribution in [3.63, 3.8) is 0 Å². The zero-order chi connectivity index (χ0) is 14.0. The van der Waals surface area contributed by atoms with Crippen LogP contribution < -0.4 is 4.90 Å². The van der Waals surface area contributed by atoms with E-state index in [2.05, 4.69) is 36.9 Å². The van der Waals surface area contributed by atoms with Crippen molar-refractivity contribution >= 4 is 11.6 Å². The molecule has 1 aromatic rings. The van der Waals surface area contributed by atoms with Gasteiger partial charge in [-0.05, 0) is 31.9 Å². The Labute approximate surface area is 114 Å². The molecule has 1 unspecified atom stereocenters. The lowest BCUT2D eigenvalue weighted by Gasteiger charge is -2.41. The molecule has 0 bridgehead atoms. The fourth-order valence-electron chi connectivity index (χ4n) is 2.73. The molecule has 1 saturated heterocycles. The molecule has 0 radical (unpaired) electrons. The van der Waals surface area contributed by atoms with Crippen LogP contribution in [0.4, 0.5) is 5.69 Å². The summed E-state index contributed by atoms with van der Waals surface area (Å²) in [5, 5.41) is 9.20. The van der Waals surface area contributed by atoms with Crippen LogP contribution >= 0.6 is 0 Å². The van der Waals surface area contributed by atoms with E-state index in [4.69, 9.17) is 0 Å². The van der Waals surface area contributed by atoms with Crippen molar-refractivity contribution in [2.75, 3.05) is 31.6 Å². The highest BCUT2D eigenvalue weighted by molar-refractivity contribution is 5.86. The Morgan fingerprint density at radius 2 is 2.05 bits per heavy atom. The maximum absolute atomic E-state index is 12.3. The molecule has 1 amide bonds. The maximum atomic E-state index is 12.3. The van der Waals surface area contributed by atoms with Crippen molar-refractivity contribution in [3.8, 4) is 0 Å². The summed E-state index contributed by atoms with van der Waals surface area (Å²) < 4.78 is 0. The number of amides is 1. The SMILES string of the molecule is Cc1ccc(N2CCN(C)C(=O)C2CCO)c(C)c1. The van der Waals surface area contributed by atoms with Crippen molar-refractivity contribution in [2.24, 2.45) is 0 Å². The Kier molecular flexibility index (Phi) is 4.10. The maximum Gasteiger partial charge on any atom is 0.245 e. The monoisotopic (exact) mass is 262 g/mol. The van der Waals surface area contributed by atoms with Crippen LogP contribution in [0.1, 0.15) is 17.5 Å². The summed E-state index contributed by atoms with van der Waals surface area (Å²) in [5.74, 6) is 0.0975. The summed E-state index contributed by atoms with van der Waals surface area (Å²) in [4.78, 5) is 16.1. The second kappa shape index (κ2) is 5.61. The Morgan fingerprint density at radius 3 is 2.68 bits per heavy atom. The van der Waals surface area contributed by atoms with Gasteiger partial charge < -0.3 is 14.9 Å². The predicted molar refractivity (Wildman–Crippen MR) is 76.4 cm³/mol. The minimum Gasteiger partial charge on any atom is -0.396 e. The van der Waals surface area contributed by atoms with Crippen LogP contribution in [0.15, 0.2) is 18.2 Å². The van der Waals surface area contributed by atoms with Crippen LogP contribution in [0.3, 0.4) is 0 Å². The fourth-order valence-corrected chi connectivity index (χ4v) is 2.73. The van der Waals surface area contributed by atoms with Crippen molar-refractivity contribution in [2.45, 2.75) is 26.3 Å². The van der Waals surface area contributed by atoms with Gasteiger partial charge in [-0.15, -0.1) is 0 Å². The Hall–Kier alpha value is -1.55. The van der Waals surface area contributed by atoms with E-state index in [1.807, 2.05) is 7.05 Å². The van der Waals surface area contributed by atoms with Crippen LogP contribution in [0.5, 0.6) is 0 Å². The Morgan fingerprint density at radius 1 is 1.32 bits per heavy atom. The molecule has 0 aromatic heterocycles. The molecule has 2 rings (SSSR count). The van der Waals surface area contributed by atoms with E-state index < -0.39 is 0 Å². The number of carbonyl (C=O) groups excluding carboxylic acids is 1. The first kappa shape index (κ1) is 13.9. The van der Waals surface area contributed by atoms with Gasteiger partial charge in [0, 0.05) is 32.4 Å². The lowest BCUT2D eigenvalue weighted by Crippen LogP contribution is -2.56. The van der Waals surface area contributed by atoms with Gasteiger partial charge in [0.1, 0.15) is 6.04 Å². The van der Waals surface area contributed by atoms with Crippen LogP contribution in [0, 0.1) is 13.8 Å². The normalized spacial score (nSPS) is 20.0. The van der Waals surface area contributed by atoms with Crippen molar-refractivity contribution in [3.05, 3.63) is 29.3 Å². The van der Waals surface area contributed by atoms with Gasteiger partial charge in [0.05, 0.1) is 0 Å². The Bertz CT molecular complexity index is 473. The van der Waals surface area contributed by atoms with Crippen molar-refractivity contribution in [1.29, 1.82) is 0 Å². The van der Waals surface area contributed by atoms with Gasteiger partial charge in [-0.25, -0.2) is 0 Å². The van der Waals surface area contributed by atoms with Crippen molar-refractivity contribution < 1.29 is 9.90 Å². The smallest absolute Gasteiger partial charge is 0.245 e. The number of carbonyl (C=O) groups is 1. The van der Waals surface area contributed by atoms with E-state index in [9.17, 15) is 9.90 Å². The molecule has 1 heterocycles. The third-order valence-corrected chi connectivity index (χ3v) is 3.78. The fraction of sp³-hybridized carbons (Fsp3) is 0.533. The number of hydrogen-bond acceptors (Lipinski definition) is 3. The summed E-state index contributed by atoms with van der Waals surface area (Å²) in [7, 11) is 1.83. The zero-order valence-corrected chi connectivity index (χ0v) is 11.9. The summed E-state index contributed by atoms with van der Waals surface area (Å²) in [6.45, 7) is 5.72. The molecular weight excluding hydrogens is 240 g/mol. The molecule has 19 heavy (non-hydrogen) atoms. The van der Waals surface area contributed by atoms with Gasteiger partial charge in [-0.3, -0.25) is 4.79 Å². The third kappa shape index (κ3) is 2.73. The van der Waals surface area contributed by atoms with E-state index in [-0.39, 0.29) is 18.6 Å². The number of piperazine rings is 1. The number of aryl methyl sites for hydroxylation is 2. The van der Waals surface area contributed by atoms with Crippen LogP contribution in [0.2, 0.25) is 0 Å². The standard InChI is InChI=1S/C15H22N2O2/c1-11-4-5-13(12(2)10-11)17-8-7-16(3)15(19)14(17)6-9-18/h4-5,10,14,18H,6-9H2,1-3H3. The molecule has 4 heteroatoms. The molecule has 104 valence electrons. The zero-order valence-electron chi connectivity index (χ0n) is 11.9. The van der Waals surface area contributed by atoms with Gasteiger partial charge in [-0.1, -0.05) is 17.7 Å². The highest BCUT2D eigenvalue weighted by Gasteiger charge is 2.33. The number of benzene rings is 1. The van der Waals surface area contributed by atoms with Gasteiger partial charge in [0.15, 0.2) is 0 Å².